The van der Waals surface area contributed by atoms with Gasteiger partial charge in [-0.2, -0.15) is 0 Å². The van der Waals surface area contributed by atoms with Gasteiger partial charge in [-0.15, -0.1) is 0 Å². The molecule has 2 rings (SSSR count). The van der Waals surface area contributed by atoms with Gasteiger partial charge in [0.15, 0.2) is 0 Å². The molecule has 0 unspecified atom stereocenters. The standard InChI is InChI=1S/C17H20ClNO3S/c1-12(2)10-13-4-7-15(8-5-13)23(20,21)19-17-11-14(22-3)6-9-16(17)18/h4-9,11-12,19H,10H2,1-3H3. The van der Waals surface area contributed by atoms with Crippen LogP contribution in [0, 0.1) is 5.92 Å². The minimum atomic E-state index is -3.70. The third-order valence-electron chi connectivity index (χ3n) is 3.30. The molecule has 0 aliphatic carbocycles. The van der Waals surface area contributed by atoms with Gasteiger partial charge < -0.3 is 4.74 Å². The highest BCUT2D eigenvalue weighted by atomic mass is 35.5. The van der Waals surface area contributed by atoms with E-state index in [2.05, 4.69) is 18.6 Å². The summed E-state index contributed by atoms with van der Waals surface area (Å²) >= 11 is 6.05. The molecule has 6 heteroatoms. The molecule has 0 saturated heterocycles. The summed E-state index contributed by atoms with van der Waals surface area (Å²) in [4.78, 5) is 0.198. The highest BCUT2D eigenvalue weighted by Crippen LogP contribution is 2.28. The highest BCUT2D eigenvalue weighted by Gasteiger charge is 2.16. The molecule has 0 radical (unpaired) electrons. The van der Waals surface area contributed by atoms with E-state index in [1.54, 1.807) is 30.3 Å². The summed E-state index contributed by atoms with van der Waals surface area (Å²) in [6.07, 6.45) is 0.912. The molecule has 0 atom stereocenters. The number of nitrogens with one attached hydrogen (secondary N) is 1. The summed E-state index contributed by atoms with van der Waals surface area (Å²) < 4.78 is 32.5. The lowest BCUT2D eigenvalue weighted by Gasteiger charge is -2.12. The van der Waals surface area contributed by atoms with Crippen LogP contribution in [0.1, 0.15) is 19.4 Å². The summed E-state index contributed by atoms with van der Waals surface area (Å²) in [7, 11) is -2.19. The van der Waals surface area contributed by atoms with Crippen molar-refractivity contribution in [1.82, 2.24) is 0 Å². The summed E-state index contributed by atoms with van der Waals surface area (Å²) in [5.41, 5.74) is 1.40. The van der Waals surface area contributed by atoms with Crippen molar-refractivity contribution in [3.63, 3.8) is 0 Å². The van der Waals surface area contributed by atoms with E-state index in [1.165, 1.54) is 7.11 Å². The maximum absolute atomic E-state index is 12.5. The van der Waals surface area contributed by atoms with Crippen LogP contribution in [0.2, 0.25) is 5.02 Å². The number of hydrogen-bond donors (Lipinski definition) is 1. The van der Waals surface area contributed by atoms with E-state index in [1.807, 2.05) is 12.1 Å². The summed E-state index contributed by atoms with van der Waals surface area (Å²) in [6.45, 7) is 4.24. The normalized spacial score (nSPS) is 11.5. The van der Waals surface area contributed by atoms with Gasteiger partial charge in [-0.3, -0.25) is 4.72 Å². The van der Waals surface area contributed by atoms with Crippen LogP contribution in [0.25, 0.3) is 0 Å². The number of hydrogen-bond acceptors (Lipinski definition) is 3. The van der Waals surface area contributed by atoms with Crippen molar-refractivity contribution in [1.29, 1.82) is 0 Å². The van der Waals surface area contributed by atoms with Gasteiger partial charge in [0.1, 0.15) is 5.75 Å². The third-order valence-corrected chi connectivity index (χ3v) is 5.01. The minimum Gasteiger partial charge on any atom is -0.497 e. The van der Waals surface area contributed by atoms with Gasteiger partial charge >= 0.3 is 0 Å². The van der Waals surface area contributed by atoms with Crippen molar-refractivity contribution in [2.45, 2.75) is 25.2 Å². The Kier molecular flexibility index (Phi) is 5.55. The van der Waals surface area contributed by atoms with E-state index in [0.717, 1.165) is 12.0 Å². The molecule has 0 spiro atoms. The Hall–Kier alpha value is -1.72. The Bertz CT molecular complexity index is 771. The van der Waals surface area contributed by atoms with Crippen molar-refractivity contribution in [2.24, 2.45) is 5.92 Å². The fourth-order valence-electron chi connectivity index (χ4n) is 2.19. The van der Waals surface area contributed by atoms with Crippen LogP contribution in [0.3, 0.4) is 0 Å². The average molecular weight is 354 g/mol. The maximum atomic E-state index is 12.5. The largest absolute Gasteiger partial charge is 0.497 e. The number of anilines is 1. The number of sulfonamides is 1. The number of rotatable bonds is 6. The molecule has 4 nitrogen and oxygen atoms in total. The number of halogens is 1. The van der Waals surface area contributed by atoms with Gasteiger partial charge in [0.25, 0.3) is 10.0 Å². The molecule has 0 saturated carbocycles. The lowest BCUT2D eigenvalue weighted by atomic mass is 10.0. The maximum Gasteiger partial charge on any atom is 0.261 e. The molecular formula is C17H20ClNO3S. The second-order valence-electron chi connectivity index (χ2n) is 5.69. The van der Waals surface area contributed by atoms with Gasteiger partial charge in [0, 0.05) is 6.07 Å². The lowest BCUT2D eigenvalue weighted by molar-refractivity contribution is 0.415. The van der Waals surface area contributed by atoms with E-state index in [9.17, 15) is 8.42 Å². The lowest BCUT2D eigenvalue weighted by Crippen LogP contribution is -2.13. The number of methoxy groups -OCH3 is 1. The summed E-state index contributed by atoms with van der Waals surface area (Å²) in [5, 5.41) is 0.311. The minimum absolute atomic E-state index is 0.198. The molecule has 0 heterocycles. The quantitative estimate of drug-likeness (QED) is 0.840. The Balaban J connectivity index is 2.25. The van der Waals surface area contributed by atoms with Crippen molar-refractivity contribution < 1.29 is 13.2 Å². The first-order valence-corrected chi connectivity index (χ1v) is 9.13. The predicted octanol–water partition coefficient (Wildman–Crippen LogP) is 4.35. The smallest absolute Gasteiger partial charge is 0.261 e. The Labute approximate surface area is 142 Å². The molecule has 0 aliphatic rings. The van der Waals surface area contributed by atoms with Gasteiger partial charge in [-0.25, -0.2) is 8.42 Å². The molecule has 1 N–H and O–H groups in total. The van der Waals surface area contributed by atoms with E-state index in [4.69, 9.17) is 16.3 Å². The second kappa shape index (κ2) is 7.23. The first-order valence-electron chi connectivity index (χ1n) is 7.27. The fraction of sp³-hybridized carbons (Fsp3) is 0.294. The zero-order chi connectivity index (χ0) is 17.0. The highest BCUT2D eigenvalue weighted by molar-refractivity contribution is 7.92. The summed E-state index contributed by atoms with van der Waals surface area (Å²) in [5.74, 6) is 1.05. The van der Waals surface area contributed by atoms with Crippen LogP contribution in [0.5, 0.6) is 5.75 Å². The molecule has 0 aliphatic heterocycles. The third kappa shape index (κ3) is 4.62. The SMILES string of the molecule is COc1ccc(Cl)c(NS(=O)(=O)c2ccc(CC(C)C)cc2)c1. The molecule has 0 amide bonds. The van der Waals surface area contributed by atoms with Crippen LogP contribution in [-0.4, -0.2) is 15.5 Å². The predicted molar refractivity (Wildman–Crippen MR) is 93.8 cm³/mol. The van der Waals surface area contributed by atoms with Crippen LogP contribution >= 0.6 is 11.6 Å². The average Bonchev–Trinajstić information content (AvgIpc) is 2.49. The van der Waals surface area contributed by atoms with Gasteiger partial charge in [-0.1, -0.05) is 37.6 Å². The molecule has 2 aromatic carbocycles. The molecule has 0 fully saturated rings. The molecule has 23 heavy (non-hydrogen) atoms. The van der Waals surface area contributed by atoms with Crippen LogP contribution in [0.4, 0.5) is 5.69 Å². The molecule has 2 aromatic rings. The monoisotopic (exact) mass is 353 g/mol. The number of ether oxygens (including phenoxy) is 1. The molecule has 0 aromatic heterocycles. The Morgan fingerprint density at radius 1 is 1.13 bits per heavy atom. The van der Waals surface area contributed by atoms with E-state index >= 15 is 0 Å². The van der Waals surface area contributed by atoms with Crippen molar-refractivity contribution in [3.8, 4) is 5.75 Å². The zero-order valence-corrected chi connectivity index (χ0v) is 14.9. The molecule has 0 bridgehead atoms. The van der Waals surface area contributed by atoms with Crippen LogP contribution in [0.15, 0.2) is 47.4 Å². The first-order chi connectivity index (χ1) is 10.8. The first kappa shape index (κ1) is 17.6. The van der Waals surface area contributed by atoms with Crippen molar-refractivity contribution in [2.75, 3.05) is 11.8 Å². The zero-order valence-electron chi connectivity index (χ0n) is 13.3. The Morgan fingerprint density at radius 2 is 1.78 bits per heavy atom. The number of benzene rings is 2. The van der Waals surface area contributed by atoms with Crippen LogP contribution in [-0.2, 0) is 16.4 Å². The van der Waals surface area contributed by atoms with Crippen molar-refractivity contribution >= 4 is 27.3 Å². The molecular weight excluding hydrogens is 334 g/mol. The van der Waals surface area contributed by atoms with Gasteiger partial charge in [0.2, 0.25) is 0 Å². The van der Waals surface area contributed by atoms with E-state index in [-0.39, 0.29) is 10.6 Å². The van der Waals surface area contributed by atoms with Gasteiger partial charge in [-0.05, 0) is 42.2 Å². The van der Waals surface area contributed by atoms with Gasteiger partial charge in [0.05, 0.1) is 22.7 Å². The summed E-state index contributed by atoms with van der Waals surface area (Å²) in [6, 6.07) is 11.7. The van der Waals surface area contributed by atoms with E-state index in [0.29, 0.717) is 16.7 Å². The fourth-order valence-corrected chi connectivity index (χ4v) is 3.48. The Morgan fingerprint density at radius 3 is 2.35 bits per heavy atom. The second-order valence-corrected chi connectivity index (χ2v) is 7.78. The topological polar surface area (TPSA) is 55.4 Å². The molecule has 124 valence electrons. The van der Waals surface area contributed by atoms with Crippen LogP contribution < -0.4 is 9.46 Å². The van der Waals surface area contributed by atoms with E-state index < -0.39 is 10.0 Å². The van der Waals surface area contributed by atoms with Crippen molar-refractivity contribution in [3.05, 3.63) is 53.1 Å².